The standard InChI is InChI=1S/C19H20F4N4O4/c1-12-9-14(25-30-12)11-26-5-2-6-27(8-7-26)17(28)24-13-3-4-16-15(10-13)18(20,21)31-19(22,23)29-16/h3-4,9-10H,2,5-8,11H2,1H3,(H,24,28). The molecule has 0 atom stereocenters. The molecule has 0 radical (unpaired) electrons. The lowest BCUT2D eigenvalue weighted by atomic mass is 10.1. The van der Waals surface area contributed by atoms with Gasteiger partial charge in [-0.3, -0.25) is 4.90 Å². The van der Waals surface area contributed by atoms with Crippen LogP contribution >= 0.6 is 0 Å². The van der Waals surface area contributed by atoms with E-state index in [9.17, 15) is 22.4 Å². The number of urea groups is 1. The molecular formula is C19H20F4N4O4. The minimum atomic E-state index is -4.44. The molecule has 12 heteroatoms. The summed E-state index contributed by atoms with van der Waals surface area (Å²) in [5.41, 5.74) is -0.0680. The van der Waals surface area contributed by atoms with Crippen molar-refractivity contribution in [3.8, 4) is 5.75 Å². The summed E-state index contributed by atoms with van der Waals surface area (Å²) in [5.74, 6) is 0.00808. The van der Waals surface area contributed by atoms with Gasteiger partial charge in [0.2, 0.25) is 0 Å². The van der Waals surface area contributed by atoms with Gasteiger partial charge in [-0.05, 0) is 31.5 Å². The SMILES string of the molecule is Cc1cc(CN2CCCN(C(=O)Nc3ccc4c(c3)C(F)(F)OC(F)(F)O4)CC2)no1. The molecular weight excluding hydrogens is 424 g/mol. The Morgan fingerprint density at radius 3 is 2.71 bits per heavy atom. The van der Waals surface area contributed by atoms with Gasteiger partial charge in [0.1, 0.15) is 11.5 Å². The van der Waals surface area contributed by atoms with Crippen LogP contribution in [0, 0.1) is 6.92 Å². The molecule has 168 valence electrons. The zero-order valence-electron chi connectivity index (χ0n) is 16.5. The molecule has 0 unspecified atom stereocenters. The van der Waals surface area contributed by atoms with E-state index in [-0.39, 0.29) is 5.69 Å². The highest BCUT2D eigenvalue weighted by atomic mass is 19.3. The fourth-order valence-electron chi connectivity index (χ4n) is 3.53. The van der Waals surface area contributed by atoms with E-state index in [1.165, 1.54) is 6.07 Å². The van der Waals surface area contributed by atoms with Crippen molar-refractivity contribution < 1.29 is 36.4 Å². The van der Waals surface area contributed by atoms with Crippen molar-refractivity contribution in [2.75, 3.05) is 31.5 Å². The van der Waals surface area contributed by atoms with Crippen LogP contribution in [0.2, 0.25) is 0 Å². The minimum absolute atomic E-state index is 0.0139. The topological polar surface area (TPSA) is 80.1 Å². The van der Waals surface area contributed by atoms with Crippen molar-refractivity contribution in [1.29, 1.82) is 0 Å². The summed E-state index contributed by atoms with van der Waals surface area (Å²) in [7, 11) is 0. The van der Waals surface area contributed by atoms with Crippen LogP contribution < -0.4 is 10.1 Å². The molecule has 8 nitrogen and oxygen atoms in total. The highest BCUT2D eigenvalue weighted by Crippen LogP contribution is 2.46. The largest absolute Gasteiger partial charge is 0.540 e. The second-order valence-electron chi connectivity index (χ2n) is 7.37. The molecule has 2 amide bonds. The van der Waals surface area contributed by atoms with Crippen LogP contribution in [0.25, 0.3) is 0 Å². The molecule has 0 saturated carbocycles. The number of rotatable bonds is 3. The van der Waals surface area contributed by atoms with Crippen molar-refractivity contribution in [2.45, 2.75) is 32.3 Å². The van der Waals surface area contributed by atoms with Crippen molar-refractivity contribution >= 4 is 11.7 Å². The van der Waals surface area contributed by atoms with E-state index >= 15 is 0 Å². The van der Waals surface area contributed by atoms with Crippen LogP contribution in [-0.4, -0.2) is 53.5 Å². The number of aryl methyl sites for hydroxylation is 1. The van der Waals surface area contributed by atoms with Crippen molar-refractivity contribution in [3.05, 3.63) is 41.3 Å². The second-order valence-corrected chi connectivity index (χ2v) is 7.37. The average molecular weight is 444 g/mol. The van der Waals surface area contributed by atoms with E-state index in [1.54, 1.807) is 4.90 Å². The van der Waals surface area contributed by atoms with E-state index in [2.05, 4.69) is 24.8 Å². The minimum Gasteiger partial charge on any atom is -0.409 e. The number of alkyl halides is 4. The number of anilines is 1. The lowest BCUT2D eigenvalue weighted by Gasteiger charge is -2.30. The smallest absolute Gasteiger partial charge is 0.409 e. The Morgan fingerprint density at radius 2 is 1.97 bits per heavy atom. The number of fused-ring (bicyclic) bond motifs is 1. The molecule has 1 fully saturated rings. The van der Waals surface area contributed by atoms with Crippen molar-refractivity contribution in [3.63, 3.8) is 0 Å². The molecule has 1 saturated heterocycles. The summed E-state index contributed by atoms with van der Waals surface area (Å²) in [5, 5.41) is 6.49. The third-order valence-electron chi connectivity index (χ3n) is 4.96. The van der Waals surface area contributed by atoms with Gasteiger partial charge in [-0.15, -0.1) is 8.78 Å². The Balaban J connectivity index is 1.38. The summed E-state index contributed by atoms with van der Waals surface area (Å²) < 4.78 is 66.7. The number of carbonyl (C=O) groups is 1. The van der Waals surface area contributed by atoms with Crippen LogP contribution in [0.3, 0.4) is 0 Å². The maximum Gasteiger partial charge on any atom is 0.540 e. The number of benzene rings is 1. The summed E-state index contributed by atoms with van der Waals surface area (Å²) in [6.07, 6.45) is -7.99. The summed E-state index contributed by atoms with van der Waals surface area (Å²) in [6.45, 7) is 4.65. The van der Waals surface area contributed by atoms with Gasteiger partial charge in [0.25, 0.3) is 0 Å². The van der Waals surface area contributed by atoms with Gasteiger partial charge in [0.15, 0.2) is 0 Å². The lowest BCUT2D eigenvalue weighted by Crippen LogP contribution is -2.41. The number of nitrogens with zero attached hydrogens (tertiary/aromatic N) is 3. The predicted octanol–water partition coefficient (Wildman–Crippen LogP) is 3.73. The summed E-state index contributed by atoms with van der Waals surface area (Å²) in [4.78, 5) is 16.3. The van der Waals surface area contributed by atoms with Gasteiger partial charge in [0.05, 0.1) is 11.3 Å². The Bertz CT molecular complexity index is 968. The van der Waals surface area contributed by atoms with E-state index in [0.29, 0.717) is 32.6 Å². The van der Waals surface area contributed by atoms with E-state index in [4.69, 9.17) is 4.52 Å². The zero-order chi connectivity index (χ0) is 22.2. The molecule has 2 aliphatic heterocycles. The monoisotopic (exact) mass is 444 g/mol. The molecule has 0 aliphatic carbocycles. The van der Waals surface area contributed by atoms with Crippen LogP contribution in [-0.2, 0) is 17.4 Å². The number of halogens is 4. The summed E-state index contributed by atoms with van der Waals surface area (Å²) >= 11 is 0. The molecule has 3 heterocycles. The number of carbonyl (C=O) groups excluding carboxylic acids is 1. The van der Waals surface area contributed by atoms with Gasteiger partial charge >= 0.3 is 18.4 Å². The Morgan fingerprint density at radius 1 is 1.16 bits per heavy atom. The van der Waals surface area contributed by atoms with E-state index < -0.39 is 29.7 Å². The van der Waals surface area contributed by atoms with Gasteiger partial charge in [0, 0.05) is 44.5 Å². The molecule has 0 spiro atoms. The molecule has 1 aromatic heterocycles. The fraction of sp³-hybridized carbons (Fsp3) is 0.474. The highest BCUT2D eigenvalue weighted by Gasteiger charge is 2.54. The number of amides is 2. The van der Waals surface area contributed by atoms with Gasteiger partial charge in [-0.2, -0.15) is 8.78 Å². The number of hydrogen-bond acceptors (Lipinski definition) is 6. The first-order valence-electron chi connectivity index (χ1n) is 9.61. The van der Waals surface area contributed by atoms with E-state index in [0.717, 1.165) is 30.1 Å². The quantitative estimate of drug-likeness (QED) is 0.727. The molecule has 0 bridgehead atoms. The first kappa shape index (κ1) is 21.4. The molecule has 2 aromatic rings. The van der Waals surface area contributed by atoms with Crippen LogP contribution in [0.4, 0.5) is 28.0 Å². The first-order valence-corrected chi connectivity index (χ1v) is 9.61. The number of nitrogens with one attached hydrogen (secondary N) is 1. The molecule has 1 aromatic carbocycles. The normalized spacial score (nSPS) is 20.5. The highest BCUT2D eigenvalue weighted by molar-refractivity contribution is 5.89. The van der Waals surface area contributed by atoms with Crippen LogP contribution in [0.15, 0.2) is 28.8 Å². The van der Waals surface area contributed by atoms with Crippen LogP contribution in [0.1, 0.15) is 23.4 Å². The fourth-order valence-corrected chi connectivity index (χ4v) is 3.53. The molecule has 2 aliphatic rings. The predicted molar refractivity (Wildman–Crippen MR) is 98.7 cm³/mol. The Hall–Kier alpha value is -2.86. The number of hydrogen-bond donors (Lipinski definition) is 1. The maximum atomic E-state index is 13.9. The van der Waals surface area contributed by atoms with Gasteiger partial charge in [-0.25, -0.2) is 9.53 Å². The van der Waals surface area contributed by atoms with Gasteiger partial charge in [-0.1, -0.05) is 5.16 Å². The van der Waals surface area contributed by atoms with Gasteiger partial charge < -0.3 is 19.5 Å². The Labute approximate surface area is 174 Å². The average Bonchev–Trinajstić information content (AvgIpc) is 2.93. The second kappa shape index (κ2) is 8.00. The Kier molecular flexibility index (Phi) is 5.52. The third kappa shape index (κ3) is 4.90. The maximum absolute atomic E-state index is 13.9. The lowest BCUT2D eigenvalue weighted by molar-refractivity contribution is -0.461. The molecule has 31 heavy (non-hydrogen) atoms. The first-order chi connectivity index (χ1) is 14.6. The summed E-state index contributed by atoms with van der Waals surface area (Å²) in [6, 6.07) is 4.39. The van der Waals surface area contributed by atoms with E-state index in [1.807, 2.05) is 13.0 Å². The van der Waals surface area contributed by atoms with Crippen LogP contribution in [0.5, 0.6) is 5.75 Å². The van der Waals surface area contributed by atoms with Crippen molar-refractivity contribution in [2.24, 2.45) is 0 Å². The number of ether oxygens (including phenoxy) is 2. The zero-order valence-corrected chi connectivity index (χ0v) is 16.5. The van der Waals surface area contributed by atoms with Crippen molar-refractivity contribution in [1.82, 2.24) is 15.0 Å². The number of aromatic nitrogens is 1. The molecule has 1 N–H and O–H groups in total. The molecule has 4 rings (SSSR count). The third-order valence-corrected chi connectivity index (χ3v) is 4.96.